The van der Waals surface area contributed by atoms with Crippen molar-refractivity contribution in [1.82, 2.24) is 10.2 Å². The summed E-state index contributed by atoms with van der Waals surface area (Å²) in [5.74, 6) is 0.522. The van der Waals surface area contributed by atoms with Gasteiger partial charge in [-0.05, 0) is 24.5 Å². The zero-order valence-corrected chi connectivity index (χ0v) is 18.1. The van der Waals surface area contributed by atoms with Gasteiger partial charge >= 0.3 is 0 Å². The lowest BCUT2D eigenvalue weighted by molar-refractivity contribution is -0.384. The molecule has 160 valence electrons. The van der Waals surface area contributed by atoms with Crippen LogP contribution in [0.25, 0.3) is 0 Å². The molecule has 7 nitrogen and oxygen atoms in total. The number of hydrogen-bond donors (Lipinski definition) is 1. The molecule has 2 rings (SSSR count). The second-order valence-electron chi connectivity index (χ2n) is 6.74. The monoisotopic (exact) mass is 429 g/mol. The molecule has 0 aliphatic heterocycles. The summed E-state index contributed by atoms with van der Waals surface area (Å²) < 4.78 is 0. The van der Waals surface area contributed by atoms with E-state index in [2.05, 4.69) is 5.32 Å². The molecule has 1 atom stereocenters. The molecule has 0 fully saturated rings. The quantitative estimate of drug-likeness (QED) is 0.434. The zero-order chi connectivity index (χ0) is 21.9. The Morgan fingerprint density at radius 2 is 1.73 bits per heavy atom. The third-order valence-electron chi connectivity index (χ3n) is 4.57. The van der Waals surface area contributed by atoms with Gasteiger partial charge in [0.15, 0.2) is 0 Å². The van der Waals surface area contributed by atoms with E-state index in [-0.39, 0.29) is 23.3 Å². The summed E-state index contributed by atoms with van der Waals surface area (Å²) in [6.07, 6.45) is 0.525. The number of likely N-dealkylation sites (N-methyl/N-ethyl adjacent to an activating group) is 1. The number of nitrogens with zero attached hydrogens (tertiary/aromatic N) is 2. The first-order valence-electron chi connectivity index (χ1n) is 9.88. The van der Waals surface area contributed by atoms with Gasteiger partial charge in [0.25, 0.3) is 5.69 Å². The Bertz CT molecular complexity index is 843. The highest BCUT2D eigenvalue weighted by atomic mass is 32.2. The largest absolute Gasteiger partial charge is 0.355 e. The molecule has 0 aromatic heterocycles. The van der Waals surface area contributed by atoms with E-state index in [4.69, 9.17) is 0 Å². The van der Waals surface area contributed by atoms with Gasteiger partial charge in [-0.2, -0.15) is 0 Å². The fourth-order valence-electron chi connectivity index (χ4n) is 3.04. The molecule has 0 heterocycles. The molecule has 0 bridgehead atoms. The maximum absolute atomic E-state index is 13.0. The van der Waals surface area contributed by atoms with Crippen LogP contribution in [-0.2, 0) is 21.9 Å². The highest BCUT2D eigenvalue weighted by molar-refractivity contribution is 7.99. The molecule has 0 aliphatic carbocycles. The van der Waals surface area contributed by atoms with E-state index in [0.717, 1.165) is 11.1 Å². The standard InChI is InChI=1S/C22H27N3O4S/c1-3-20(22(27)23-4-2)24(14-17-8-6-5-7-9-17)21(26)16-30-15-18-10-12-19(13-11-18)25(28)29/h5-13,20H,3-4,14-16H2,1-2H3,(H,23,27)/t20-/m0/s1. The molecule has 0 saturated heterocycles. The van der Waals surface area contributed by atoms with E-state index in [1.54, 1.807) is 17.0 Å². The van der Waals surface area contributed by atoms with Gasteiger partial charge in [0.05, 0.1) is 10.7 Å². The van der Waals surface area contributed by atoms with Gasteiger partial charge in [-0.25, -0.2) is 0 Å². The van der Waals surface area contributed by atoms with Crippen molar-refractivity contribution in [3.63, 3.8) is 0 Å². The Hall–Kier alpha value is -2.87. The van der Waals surface area contributed by atoms with Crippen molar-refractivity contribution in [3.05, 3.63) is 75.8 Å². The first kappa shape index (κ1) is 23.4. The number of carbonyl (C=O) groups is 2. The van der Waals surface area contributed by atoms with Crippen LogP contribution in [0, 0.1) is 10.1 Å². The Morgan fingerprint density at radius 1 is 1.07 bits per heavy atom. The lowest BCUT2D eigenvalue weighted by atomic mass is 10.1. The molecular formula is C22H27N3O4S. The SMILES string of the molecule is CCNC(=O)[C@H](CC)N(Cc1ccccc1)C(=O)CSCc1ccc([N+](=O)[O-])cc1. The number of hydrogen-bond acceptors (Lipinski definition) is 5. The van der Waals surface area contributed by atoms with Crippen molar-refractivity contribution in [1.29, 1.82) is 0 Å². The number of carbonyl (C=O) groups excluding carboxylic acids is 2. The minimum atomic E-state index is -0.530. The maximum atomic E-state index is 13.0. The van der Waals surface area contributed by atoms with Gasteiger partial charge in [0.1, 0.15) is 6.04 Å². The van der Waals surface area contributed by atoms with Crippen molar-refractivity contribution >= 4 is 29.3 Å². The Balaban J connectivity index is 2.05. The van der Waals surface area contributed by atoms with Crippen LogP contribution < -0.4 is 5.32 Å². The second kappa shape index (κ2) is 12.0. The molecule has 0 spiro atoms. The molecular weight excluding hydrogens is 402 g/mol. The lowest BCUT2D eigenvalue weighted by Crippen LogP contribution is -2.49. The smallest absolute Gasteiger partial charge is 0.269 e. The molecule has 0 saturated carbocycles. The van der Waals surface area contributed by atoms with Crippen LogP contribution in [0.5, 0.6) is 0 Å². The van der Waals surface area contributed by atoms with E-state index in [0.29, 0.717) is 25.3 Å². The van der Waals surface area contributed by atoms with Gasteiger partial charge in [0, 0.05) is 31.0 Å². The number of amides is 2. The zero-order valence-electron chi connectivity index (χ0n) is 17.2. The van der Waals surface area contributed by atoms with Crippen molar-refractivity contribution < 1.29 is 14.5 Å². The summed E-state index contributed by atoms with van der Waals surface area (Å²) >= 11 is 1.43. The summed E-state index contributed by atoms with van der Waals surface area (Å²) in [5, 5.41) is 13.6. The van der Waals surface area contributed by atoms with Crippen molar-refractivity contribution in [2.45, 2.75) is 38.6 Å². The first-order chi connectivity index (χ1) is 14.5. The number of nitro benzene ring substituents is 1. The lowest BCUT2D eigenvalue weighted by Gasteiger charge is -2.30. The average molecular weight is 430 g/mol. The predicted octanol–water partition coefficient (Wildman–Crippen LogP) is 3.77. The van der Waals surface area contributed by atoms with Crippen LogP contribution >= 0.6 is 11.8 Å². The summed E-state index contributed by atoms with van der Waals surface area (Å²) in [6, 6.07) is 15.4. The highest BCUT2D eigenvalue weighted by Gasteiger charge is 2.28. The fourth-order valence-corrected chi connectivity index (χ4v) is 3.92. The minimum absolute atomic E-state index is 0.0431. The first-order valence-corrected chi connectivity index (χ1v) is 11.0. The third kappa shape index (κ3) is 6.88. The number of nitrogens with one attached hydrogen (secondary N) is 1. The second-order valence-corrected chi connectivity index (χ2v) is 7.73. The molecule has 0 aliphatic rings. The van der Waals surface area contributed by atoms with Crippen LogP contribution in [0.2, 0.25) is 0 Å². The van der Waals surface area contributed by atoms with Crippen LogP contribution in [-0.4, -0.2) is 40.0 Å². The van der Waals surface area contributed by atoms with Gasteiger partial charge in [-0.3, -0.25) is 19.7 Å². The van der Waals surface area contributed by atoms with Gasteiger partial charge in [0.2, 0.25) is 11.8 Å². The van der Waals surface area contributed by atoms with Crippen LogP contribution in [0.3, 0.4) is 0 Å². The van der Waals surface area contributed by atoms with E-state index in [1.807, 2.05) is 44.2 Å². The number of benzene rings is 2. The van der Waals surface area contributed by atoms with Crippen molar-refractivity contribution in [3.8, 4) is 0 Å². The molecule has 2 aromatic rings. The van der Waals surface area contributed by atoms with Gasteiger partial charge in [-0.15, -0.1) is 11.8 Å². The van der Waals surface area contributed by atoms with Gasteiger partial charge < -0.3 is 10.2 Å². The fraction of sp³-hybridized carbons (Fsp3) is 0.364. The summed E-state index contributed by atoms with van der Waals surface area (Å²) in [7, 11) is 0. The van der Waals surface area contributed by atoms with Crippen molar-refractivity contribution in [2.75, 3.05) is 12.3 Å². The topological polar surface area (TPSA) is 92.6 Å². The Labute approximate surface area is 181 Å². The number of rotatable bonds is 11. The minimum Gasteiger partial charge on any atom is -0.355 e. The van der Waals surface area contributed by atoms with E-state index >= 15 is 0 Å². The molecule has 30 heavy (non-hydrogen) atoms. The summed E-state index contributed by atoms with van der Waals surface area (Å²) in [5.41, 5.74) is 1.92. The predicted molar refractivity (Wildman–Crippen MR) is 119 cm³/mol. The molecule has 2 amide bonds. The van der Waals surface area contributed by atoms with Crippen LogP contribution in [0.15, 0.2) is 54.6 Å². The summed E-state index contributed by atoms with van der Waals surface area (Å²) in [6.45, 7) is 4.63. The third-order valence-corrected chi connectivity index (χ3v) is 5.56. The maximum Gasteiger partial charge on any atom is 0.269 e. The Kier molecular flexibility index (Phi) is 9.34. The number of non-ortho nitro benzene ring substituents is 1. The number of thioether (sulfide) groups is 1. The molecule has 8 heteroatoms. The molecule has 0 unspecified atom stereocenters. The molecule has 0 radical (unpaired) electrons. The average Bonchev–Trinajstić information content (AvgIpc) is 2.74. The molecule has 2 aromatic carbocycles. The Morgan fingerprint density at radius 3 is 2.30 bits per heavy atom. The molecule has 1 N–H and O–H groups in total. The van der Waals surface area contributed by atoms with E-state index < -0.39 is 11.0 Å². The van der Waals surface area contributed by atoms with Gasteiger partial charge in [-0.1, -0.05) is 49.4 Å². The van der Waals surface area contributed by atoms with E-state index in [1.165, 1.54) is 23.9 Å². The van der Waals surface area contributed by atoms with Crippen LogP contribution in [0.1, 0.15) is 31.4 Å². The van der Waals surface area contributed by atoms with Crippen molar-refractivity contribution in [2.24, 2.45) is 0 Å². The summed E-state index contributed by atoms with van der Waals surface area (Å²) in [4.78, 5) is 37.5. The highest BCUT2D eigenvalue weighted by Crippen LogP contribution is 2.19. The van der Waals surface area contributed by atoms with E-state index in [9.17, 15) is 19.7 Å². The normalized spacial score (nSPS) is 11.5. The van der Waals surface area contributed by atoms with Crippen LogP contribution in [0.4, 0.5) is 5.69 Å². The number of nitro groups is 1.